The summed E-state index contributed by atoms with van der Waals surface area (Å²) >= 11 is 0. The van der Waals surface area contributed by atoms with Crippen LogP contribution in [0.4, 0.5) is 5.69 Å². The fraction of sp³-hybridized carbons (Fsp3) is 0.250. The fourth-order valence-electron chi connectivity index (χ4n) is 1.94. The Hall–Kier alpha value is -2.42. The van der Waals surface area contributed by atoms with E-state index in [1.807, 2.05) is 5.32 Å². The second-order valence-corrected chi connectivity index (χ2v) is 6.49. The van der Waals surface area contributed by atoms with Gasteiger partial charge < -0.3 is 15.7 Å². The highest BCUT2D eigenvalue weighted by molar-refractivity contribution is 7.93. The van der Waals surface area contributed by atoms with Crippen molar-refractivity contribution in [3.05, 3.63) is 24.3 Å². The van der Waals surface area contributed by atoms with Crippen molar-refractivity contribution in [1.82, 2.24) is 5.32 Å². The number of sulfone groups is 1. The lowest BCUT2D eigenvalue weighted by Gasteiger charge is -2.24. The molecule has 1 heterocycles. The van der Waals surface area contributed by atoms with Gasteiger partial charge >= 0.3 is 5.97 Å². The molecule has 2 rings (SSSR count). The number of anilines is 1. The van der Waals surface area contributed by atoms with Crippen molar-refractivity contribution >= 4 is 33.3 Å². The number of hydrogen-bond acceptors (Lipinski definition) is 5. The lowest BCUT2D eigenvalue weighted by atomic mass is 10.2. The van der Waals surface area contributed by atoms with Gasteiger partial charge in [0.15, 0.2) is 15.1 Å². The molecule has 0 aliphatic carbocycles. The van der Waals surface area contributed by atoms with Gasteiger partial charge in [0.2, 0.25) is 11.8 Å². The Balaban J connectivity index is 2.23. The molecule has 1 aliphatic rings. The number of rotatable bonds is 4. The van der Waals surface area contributed by atoms with E-state index in [-0.39, 0.29) is 10.6 Å². The number of carboxylic acid groups (broad SMARTS) is 1. The zero-order chi connectivity index (χ0) is 15.6. The number of para-hydroxylation sites is 1. The van der Waals surface area contributed by atoms with Crippen molar-refractivity contribution in [2.24, 2.45) is 0 Å². The molecule has 0 saturated carbocycles. The van der Waals surface area contributed by atoms with Gasteiger partial charge in [-0.05, 0) is 12.1 Å². The van der Waals surface area contributed by atoms with Gasteiger partial charge in [-0.25, -0.2) is 8.42 Å². The number of hydrogen-bond donors (Lipinski definition) is 3. The van der Waals surface area contributed by atoms with Crippen LogP contribution in [0.15, 0.2) is 29.2 Å². The number of fused-ring (bicyclic) bond motifs is 1. The van der Waals surface area contributed by atoms with Crippen LogP contribution in [0.2, 0.25) is 0 Å². The van der Waals surface area contributed by atoms with Crippen LogP contribution in [-0.2, 0) is 24.2 Å². The van der Waals surface area contributed by atoms with E-state index in [1.54, 1.807) is 6.07 Å². The summed E-state index contributed by atoms with van der Waals surface area (Å²) in [6.45, 7) is -0.635. The molecule has 0 saturated heterocycles. The molecular formula is C12H12N2O6S. The number of amides is 2. The van der Waals surface area contributed by atoms with Crippen LogP contribution >= 0.6 is 0 Å². The molecule has 8 nitrogen and oxygen atoms in total. The Bertz CT molecular complexity index is 712. The molecule has 1 aromatic carbocycles. The number of carbonyl (C=O) groups excluding carboxylic acids is 2. The Morgan fingerprint density at radius 3 is 2.62 bits per heavy atom. The molecule has 1 aliphatic heterocycles. The zero-order valence-electron chi connectivity index (χ0n) is 10.7. The first kappa shape index (κ1) is 15.0. The summed E-state index contributed by atoms with van der Waals surface area (Å²) < 4.78 is 24.7. The van der Waals surface area contributed by atoms with Crippen molar-refractivity contribution in [2.75, 3.05) is 11.9 Å². The van der Waals surface area contributed by atoms with Crippen LogP contribution in [0, 0.1) is 0 Å². The summed E-state index contributed by atoms with van der Waals surface area (Å²) in [5.41, 5.74) is 0.171. The predicted molar refractivity (Wildman–Crippen MR) is 71.3 cm³/mol. The normalized spacial score (nSPS) is 19.2. The molecule has 21 heavy (non-hydrogen) atoms. The molecule has 9 heteroatoms. The molecule has 1 atom stereocenters. The maximum atomic E-state index is 12.3. The highest BCUT2D eigenvalue weighted by Crippen LogP contribution is 2.31. The molecule has 2 amide bonds. The van der Waals surface area contributed by atoms with Crippen molar-refractivity contribution < 1.29 is 27.9 Å². The highest BCUT2D eigenvalue weighted by atomic mass is 32.2. The van der Waals surface area contributed by atoms with Crippen LogP contribution in [0.1, 0.15) is 6.42 Å². The Morgan fingerprint density at radius 2 is 1.95 bits per heavy atom. The standard InChI is InChI=1S/C12H12N2O6S/c15-10(13-6-11(16)17)5-9-12(18)14-7-3-1-2-4-8(7)21(9,19)20/h1-4,9H,5-6H2,(H,13,15)(H,14,18)(H,16,17). The zero-order valence-corrected chi connectivity index (χ0v) is 11.5. The summed E-state index contributed by atoms with van der Waals surface area (Å²) in [5.74, 6) is -2.88. The third-order valence-corrected chi connectivity index (χ3v) is 5.02. The lowest BCUT2D eigenvalue weighted by Crippen LogP contribution is -2.43. The molecular weight excluding hydrogens is 300 g/mol. The van der Waals surface area contributed by atoms with E-state index in [9.17, 15) is 22.8 Å². The van der Waals surface area contributed by atoms with Gasteiger partial charge in [0.1, 0.15) is 6.54 Å². The highest BCUT2D eigenvalue weighted by Gasteiger charge is 2.41. The minimum absolute atomic E-state index is 0.0550. The second-order valence-electron chi connectivity index (χ2n) is 4.39. The minimum atomic E-state index is -3.99. The van der Waals surface area contributed by atoms with Gasteiger partial charge in [0.05, 0.1) is 17.0 Å². The number of aliphatic carboxylic acids is 1. The van der Waals surface area contributed by atoms with Gasteiger partial charge in [0, 0.05) is 0 Å². The Kier molecular flexibility index (Phi) is 3.94. The van der Waals surface area contributed by atoms with E-state index in [0.29, 0.717) is 0 Å². The topological polar surface area (TPSA) is 130 Å². The number of carbonyl (C=O) groups is 3. The number of benzene rings is 1. The summed E-state index contributed by atoms with van der Waals surface area (Å²) in [6, 6.07) is 5.88. The van der Waals surface area contributed by atoms with Crippen molar-refractivity contribution in [1.29, 1.82) is 0 Å². The van der Waals surface area contributed by atoms with Crippen molar-refractivity contribution in [2.45, 2.75) is 16.6 Å². The number of carboxylic acids is 1. The first-order valence-corrected chi connectivity index (χ1v) is 7.49. The predicted octanol–water partition coefficient (Wildman–Crippen LogP) is -0.628. The smallest absolute Gasteiger partial charge is 0.322 e. The third kappa shape index (κ3) is 3.02. The molecule has 1 aromatic rings. The largest absolute Gasteiger partial charge is 0.480 e. The average molecular weight is 312 g/mol. The Morgan fingerprint density at radius 1 is 1.29 bits per heavy atom. The maximum Gasteiger partial charge on any atom is 0.322 e. The molecule has 3 N–H and O–H groups in total. The van der Waals surface area contributed by atoms with Crippen LogP contribution in [-0.4, -0.2) is 43.1 Å². The Labute approximate surface area is 120 Å². The van der Waals surface area contributed by atoms with Crippen LogP contribution in [0.5, 0.6) is 0 Å². The van der Waals surface area contributed by atoms with E-state index in [4.69, 9.17) is 5.11 Å². The average Bonchev–Trinajstić information content (AvgIpc) is 2.41. The van der Waals surface area contributed by atoms with E-state index in [2.05, 4.69) is 5.32 Å². The van der Waals surface area contributed by atoms with Gasteiger partial charge in [-0.2, -0.15) is 0 Å². The van der Waals surface area contributed by atoms with Gasteiger partial charge in [-0.3, -0.25) is 14.4 Å². The first-order chi connectivity index (χ1) is 9.82. The molecule has 0 radical (unpaired) electrons. The quantitative estimate of drug-likeness (QED) is 0.679. The van der Waals surface area contributed by atoms with Gasteiger partial charge in [0.25, 0.3) is 0 Å². The van der Waals surface area contributed by atoms with Crippen LogP contribution in [0.3, 0.4) is 0 Å². The summed E-state index contributed by atoms with van der Waals surface area (Å²) in [5, 5.41) is 11.3. The molecule has 0 bridgehead atoms. The molecule has 0 aromatic heterocycles. The summed E-state index contributed by atoms with van der Waals surface area (Å²) in [7, 11) is -3.99. The minimum Gasteiger partial charge on any atom is -0.480 e. The van der Waals surface area contributed by atoms with Crippen LogP contribution < -0.4 is 10.6 Å². The SMILES string of the molecule is O=C(O)CNC(=O)CC1C(=O)Nc2ccccc2S1(=O)=O. The van der Waals surface area contributed by atoms with Crippen molar-refractivity contribution in [3.63, 3.8) is 0 Å². The van der Waals surface area contributed by atoms with Crippen molar-refractivity contribution in [3.8, 4) is 0 Å². The maximum absolute atomic E-state index is 12.3. The fourth-order valence-corrected chi connectivity index (χ4v) is 3.65. The molecule has 0 spiro atoms. The third-order valence-electron chi connectivity index (χ3n) is 2.93. The van der Waals surface area contributed by atoms with E-state index >= 15 is 0 Å². The lowest BCUT2D eigenvalue weighted by molar-refractivity contribution is -0.137. The van der Waals surface area contributed by atoms with Crippen LogP contribution in [0.25, 0.3) is 0 Å². The van der Waals surface area contributed by atoms with Gasteiger partial charge in [-0.1, -0.05) is 12.1 Å². The van der Waals surface area contributed by atoms with E-state index in [1.165, 1.54) is 18.2 Å². The van der Waals surface area contributed by atoms with E-state index in [0.717, 1.165) is 0 Å². The first-order valence-electron chi connectivity index (χ1n) is 5.94. The summed E-state index contributed by atoms with van der Waals surface area (Å²) in [4.78, 5) is 33.7. The van der Waals surface area contributed by atoms with Gasteiger partial charge in [-0.15, -0.1) is 0 Å². The number of nitrogens with one attached hydrogen (secondary N) is 2. The molecule has 0 fully saturated rings. The van der Waals surface area contributed by atoms with E-state index < -0.39 is 45.8 Å². The molecule has 1 unspecified atom stereocenters. The monoisotopic (exact) mass is 312 g/mol. The molecule has 112 valence electrons. The second kappa shape index (κ2) is 5.52. The summed E-state index contributed by atoms with van der Waals surface area (Å²) in [6.07, 6.45) is -0.629.